The summed E-state index contributed by atoms with van der Waals surface area (Å²) in [6.07, 6.45) is -4.47. The summed E-state index contributed by atoms with van der Waals surface area (Å²) in [6, 6.07) is 16.1. The summed E-state index contributed by atoms with van der Waals surface area (Å²) in [5, 5.41) is 1.77. The molecule has 0 bridgehead atoms. The number of rotatable bonds is 3. The molecule has 0 aliphatic rings. The Morgan fingerprint density at radius 3 is 2.48 bits per heavy atom. The van der Waals surface area contributed by atoms with Crippen molar-refractivity contribution < 1.29 is 18.0 Å². The van der Waals surface area contributed by atoms with Gasteiger partial charge in [0.05, 0.1) is 16.8 Å². The molecule has 1 N–H and O–H groups in total. The molecule has 1 aromatic heterocycles. The normalized spacial score (nSPS) is 12.5. The van der Waals surface area contributed by atoms with Crippen molar-refractivity contribution in [3.63, 3.8) is 0 Å². The van der Waals surface area contributed by atoms with Crippen LogP contribution in [0.3, 0.4) is 0 Å². The SMILES string of the molecule is O=C(N=c1sc2ccccc2n1Cc1ccccc1)NCC(F)(F)F. The largest absolute Gasteiger partial charge is 0.405 e. The Bertz CT molecular complexity index is 945. The highest BCUT2D eigenvalue weighted by Crippen LogP contribution is 2.18. The molecule has 0 unspecified atom stereocenters. The van der Waals surface area contributed by atoms with E-state index in [0.29, 0.717) is 11.3 Å². The Kier molecular flexibility index (Phi) is 4.89. The van der Waals surface area contributed by atoms with Crippen molar-refractivity contribution in [2.75, 3.05) is 6.54 Å². The third kappa shape index (κ3) is 4.48. The van der Waals surface area contributed by atoms with Crippen LogP contribution in [0.2, 0.25) is 0 Å². The summed E-state index contributed by atoms with van der Waals surface area (Å²) < 4.78 is 39.4. The maximum absolute atomic E-state index is 12.2. The molecule has 3 aromatic rings. The first-order valence-electron chi connectivity index (χ1n) is 7.44. The predicted molar refractivity (Wildman–Crippen MR) is 90.4 cm³/mol. The standard InChI is InChI=1S/C17H14F3N3OS/c18-17(19,20)11-21-15(24)22-16-23(10-12-6-2-1-3-7-12)13-8-4-5-9-14(13)25-16/h1-9H,10-11H2,(H,21,24). The molecule has 0 atom stereocenters. The molecule has 25 heavy (non-hydrogen) atoms. The predicted octanol–water partition coefficient (Wildman–Crippen LogP) is 3.92. The second kappa shape index (κ2) is 7.10. The van der Waals surface area contributed by atoms with Gasteiger partial charge in [-0.1, -0.05) is 53.8 Å². The van der Waals surface area contributed by atoms with Crippen molar-refractivity contribution in [3.8, 4) is 0 Å². The zero-order chi connectivity index (χ0) is 17.9. The van der Waals surface area contributed by atoms with Gasteiger partial charge in [-0.25, -0.2) is 4.79 Å². The first-order chi connectivity index (χ1) is 11.9. The number of hydrogen-bond donors (Lipinski definition) is 1. The summed E-state index contributed by atoms with van der Waals surface area (Å²) in [5.74, 6) is 0. The third-order valence-corrected chi connectivity index (χ3v) is 4.47. The summed E-state index contributed by atoms with van der Waals surface area (Å²) in [5.41, 5.74) is 1.88. The van der Waals surface area contributed by atoms with Crippen molar-refractivity contribution in [2.45, 2.75) is 12.7 Å². The van der Waals surface area contributed by atoms with E-state index in [1.165, 1.54) is 11.3 Å². The number of benzene rings is 2. The zero-order valence-corrected chi connectivity index (χ0v) is 13.8. The second-order valence-corrected chi connectivity index (χ2v) is 6.32. The molecule has 0 saturated carbocycles. The van der Waals surface area contributed by atoms with Crippen molar-refractivity contribution >= 4 is 27.6 Å². The highest BCUT2D eigenvalue weighted by Gasteiger charge is 2.27. The number of nitrogens with zero attached hydrogens (tertiary/aromatic N) is 2. The van der Waals surface area contributed by atoms with E-state index in [9.17, 15) is 18.0 Å². The van der Waals surface area contributed by atoms with Crippen LogP contribution in [0.4, 0.5) is 18.0 Å². The molecule has 3 rings (SSSR count). The summed E-state index contributed by atoms with van der Waals surface area (Å²) in [6.45, 7) is -0.935. The third-order valence-electron chi connectivity index (χ3n) is 3.41. The number of amides is 2. The maximum Gasteiger partial charge on any atom is 0.405 e. The fraction of sp³-hybridized carbons (Fsp3) is 0.176. The molecule has 0 radical (unpaired) electrons. The van der Waals surface area contributed by atoms with Gasteiger partial charge in [0.2, 0.25) is 0 Å². The number of carbonyl (C=O) groups excluding carboxylic acids is 1. The highest BCUT2D eigenvalue weighted by molar-refractivity contribution is 7.16. The topological polar surface area (TPSA) is 46.4 Å². The number of alkyl halides is 3. The average molecular weight is 365 g/mol. The van der Waals surface area contributed by atoms with E-state index >= 15 is 0 Å². The van der Waals surface area contributed by atoms with Crippen molar-refractivity contribution in [1.82, 2.24) is 9.88 Å². The van der Waals surface area contributed by atoms with Gasteiger partial charge in [-0.15, -0.1) is 0 Å². The van der Waals surface area contributed by atoms with E-state index in [1.807, 2.05) is 59.2 Å². The number of para-hydroxylation sites is 1. The molecule has 130 valence electrons. The lowest BCUT2D eigenvalue weighted by atomic mass is 10.2. The van der Waals surface area contributed by atoms with Crippen LogP contribution < -0.4 is 10.1 Å². The molecule has 0 saturated heterocycles. The smallest absolute Gasteiger partial charge is 0.327 e. The molecule has 0 fully saturated rings. The van der Waals surface area contributed by atoms with E-state index in [2.05, 4.69) is 4.99 Å². The van der Waals surface area contributed by atoms with Crippen molar-refractivity contribution in [1.29, 1.82) is 0 Å². The first-order valence-corrected chi connectivity index (χ1v) is 8.26. The van der Waals surface area contributed by atoms with Crippen LogP contribution in [0, 0.1) is 0 Å². The maximum atomic E-state index is 12.2. The lowest BCUT2D eigenvalue weighted by Gasteiger charge is -2.07. The molecule has 8 heteroatoms. The van der Waals surface area contributed by atoms with Gasteiger partial charge >= 0.3 is 12.2 Å². The van der Waals surface area contributed by atoms with Crippen LogP contribution in [-0.2, 0) is 6.54 Å². The van der Waals surface area contributed by atoms with Crippen LogP contribution in [0.5, 0.6) is 0 Å². The number of hydrogen-bond acceptors (Lipinski definition) is 2. The summed E-state index contributed by atoms with van der Waals surface area (Å²) in [4.78, 5) is 15.9. The van der Waals surface area contributed by atoms with Crippen LogP contribution >= 0.6 is 11.3 Å². The van der Waals surface area contributed by atoms with Gasteiger partial charge in [-0.05, 0) is 17.7 Å². The van der Waals surface area contributed by atoms with Crippen LogP contribution in [0.25, 0.3) is 10.2 Å². The molecule has 2 amide bonds. The lowest BCUT2D eigenvalue weighted by molar-refractivity contribution is -0.122. The van der Waals surface area contributed by atoms with Crippen molar-refractivity contribution in [3.05, 3.63) is 65.0 Å². The van der Waals surface area contributed by atoms with Gasteiger partial charge in [0.1, 0.15) is 6.54 Å². The van der Waals surface area contributed by atoms with E-state index < -0.39 is 18.8 Å². The Hall–Kier alpha value is -2.61. The fourth-order valence-corrected chi connectivity index (χ4v) is 3.35. The Labute approximate surface area is 145 Å². The first kappa shape index (κ1) is 17.2. The Balaban J connectivity index is 1.98. The van der Waals surface area contributed by atoms with Crippen molar-refractivity contribution in [2.24, 2.45) is 4.99 Å². The van der Waals surface area contributed by atoms with Gasteiger partial charge in [0.15, 0.2) is 4.80 Å². The van der Waals surface area contributed by atoms with Crippen LogP contribution in [0.1, 0.15) is 5.56 Å². The van der Waals surface area contributed by atoms with Gasteiger partial charge in [-0.3, -0.25) is 0 Å². The number of aromatic nitrogens is 1. The van der Waals surface area contributed by atoms with Gasteiger partial charge < -0.3 is 9.88 Å². The molecule has 2 aromatic carbocycles. The molecule has 0 aliphatic carbocycles. The van der Waals surface area contributed by atoms with Gasteiger partial charge in [-0.2, -0.15) is 18.2 Å². The molecule has 0 aliphatic heterocycles. The minimum absolute atomic E-state index is 0.352. The number of thiazole rings is 1. The van der Waals surface area contributed by atoms with Crippen LogP contribution in [0.15, 0.2) is 59.6 Å². The van der Waals surface area contributed by atoms with Gasteiger partial charge in [0.25, 0.3) is 0 Å². The molecular weight excluding hydrogens is 351 g/mol. The monoisotopic (exact) mass is 365 g/mol. The van der Waals surface area contributed by atoms with E-state index in [0.717, 1.165) is 15.8 Å². The molecule has 1 heterocycles. The second-order valence-electron chi connectivity index (χ2n) is 5.31. The molecular formula is C17H14F3N3OS. The van der Waals surface area contributed by atoms with E-state index in [1.54, 1.807) is 5.32 Å². The minimum Gasteiger partial charge on any atom is -0.327 e. The summed E-state index contributed by atoms with van der Waals surface area (Å²) in [7, 11) is 0. The van der Waals surface area contributed by atoms with Crippen LogP contribution in [-0.4, -0.2) is 23.3 Å². The Morgan fingerprint density at radius 2 is 1.76 bits per heavy atom. The average Bonchev–Trinajstić information content (AvgIpc) is 2.91. The molecule has 4 nitrogen and oxygen atoms in total. The fourth-order valence-electron chi connectivity index (χ4n) is 2.33. The number of urea groups is 1. The number of carbonyl (C=O) groups is 1. The highest BCUT2D eigenvalue weighted by atomic mass is 32.1. The quantitative estimate of drug-likeness (QED) is 0.751. The lowest BCUT2D eigenvalue weighted by Crippen LogP contribution is -2.33. The summed E-state index contributed by atoms with van der Waals surface area (Å²) >= 11 is 1.26. The van der Waals surface area contributed by atoms with E-state index in [4.69, 9.17) is 0 Å². The molecule has 0 spiro atoms. The van der Waals surface area contributed by atoms with E-state index in [-0.39, 0.29) is 0 Å². The number of nitrogens with one attached hydrogen (secondary N) is 1. The Morgan fingerprint density at radius 1 is 1.08 bits per heavy atom. The minimum atomic E-state index is -4.47. The number of fused-ring (bicyclic) bond motifs is 1. The van der Waals surface area contributed by atoms with Gasteiger partial charge in [0, 0.05) is 0 Å². The zero-order valence-electron chi connectivity index (χ0n) is 13.0. The number of halogens is 3.